The highest BCUT2D eigenvalue weighted by Gasteiger charge is 2.15. The minimum atomic E-state index is -0.523. The van der Waals surface area contributed by atoms with Gasteiger partial charge in [-0.3, -0.25) is 0 Å². The SMILES string of the molecule is Cc1nc(C#CCCS)c([N+](=O)[O-])[nH]1. The number of imidazole rings is 1. The Kier molecular flexibility index (Phi) is 3.54. The standard InChI is InChI=1S/C8H9N3O2S/c1-6-9-7(4-2-3-5-14)8(10-6)11(12)13/h14H,3,5H2,1H3,(H,9,10). The van der Waals surface area contributed by atoms with Crippen molar-refractivity contribution in [3.63, 3.8) is 0 Å². The molecule has 0 aliphatic rings. The maximum absolute atomic E-state index is 10.5. The topological polar surface area (TPSA) is 71.8 Å². The zero-order valence-corrected chi connectivity index (χ0v) is 8.47. The zero-order chi connectivity index (χ0) is 10.6. The molecule has 0 spiro atoms. The molecular formula is C8H9N3O2S. The number of nitrogens with one attached hydrogen (secondary N) is 1. The molecule has 0 fully saturated rings. The van der Waals surface area contributed by atoms with E-state index in [0.29, 0.717) is 18.0 Å². The summed E-state index contributed by atoms with van der Waals surface area (Å²) in [5.41, 5.74) is 0.189. The van der Waals surface area contributed by atoms with E-state index in [1.807, 2.05) is 0 Å². The Morgan fingerprint density at radius 2 is 2.43 bits per heavy atom. The average molecular weight is 211 g/mol. The fourth-order valence-electron chi connectivity index (χ4n) is 0.901. The number of aromatic nitrogens is 2. The van der Waals surface area contributed by atoms with Gasteiger partial charge in [-0.25, -0.2) is 4.98 Å². The Bertz CT molecular complexity index is 402. The first kappa shape index (κ1) is 10.6. The second kappa shape index (κ2) is 4.67. The Morgan fingerprint density at radius 1 is 1.71 bits per heavy atom. The van der Waals surface area contributed by atoms with Crippen LogP contribution in [-0.2, 0) is 0 Å². The molecule has 0 amide bonds. The predicted molar refractivity (Wildman–Crippen MR) is 55.3 cm³/mol. The molecule has 6 heteroatoms. The highest BCUT2D eigenvalue weighted by Crippen LogP contribution is 2.13. The largest absolute Gasteiger partial charge is 0.358 e. The second-order valence-corrected chi connectivity index (χ2v) is 3.00. The van der Waals surface area contributed by atoms with E-state index in [1.165, 1.54) is 0 Å². The lowest BCUT2D eigenvalue weighted by atomic mass is 10.4. The highest BCUT2D eigenvalue weighted by molar-refractivity contribution is 7.80. The molecule has 1 heterocycles. The van der Waals surface area contributed by atoms with Crippen LogP contribution < -0.4 is 0 Å². The van der Waals surface area contributed by atoms with E-state index < -0.39 is 4.92 Å². The van der Waals surface area contributed by atoms with Gasteiger partial charge in [-0.05, 0) is 10.8 Å². The Labute approximate surface area is 86.5 Å². The van der Waals surface area contributed by atoms with Crippen molar-refractivity contribution < 1.29 is 4.92 Å². The van der Waals surface area contributed by atoms with Crippen molar-refractivity contribution in [3.8, 4) is 11.8 Å². The molecule has 1 N–H and O–H groups in total. The van der Waals surface area contributed by atoms with E-state index in [0.717, 1.165) is 0 Å². The van der Waals surface area contributed by atoms with E-state index in [-0.39, 0.29) is 11.5 Å². The lowest BCUT2D eigenvalue weighted by Crippen LogP contribution is -1.90. The first-order chi connectivity index (χ1) is 6.65. The van der Waals surface area contributed by atoms with E-state index in [4.69, 9.17) is 0 Å². The molecule has 0 aliphatic heterocycles. The van der Waals surface area contributed by atoms with Crippen molar-refractivity contribution in [1.29, 1.82) is 0 Å². The first-order valence-corrected chi connectivity index (χ1v) is 4.59. The number of aryl methyl sites for hydroxylation is 1. The van der Waals surface area contributed by atoms with Gasteiger partial charge in [0.2, 0.25) is 5.69 Å². The molecule has 0 unspecified atom stereocenters. The van der Waals surface area contributed by atoms with Crippen LogP contribution in [0.2, 0.25) is 0 Å². The van der Waals surface area contributed by atoms with E-state index in [1.54, 1.807) is 6.92 Å². The van der Waals surface area contributed by atoms with Crippen molar-refractivity contribution >= 4 is 18.4 Å². The number of nitro groups is 1. The van der Waals surface area contributed by atoms with E-state index in [9.17, 15) is 10.1 Å². The maximum atomic E-state index is 10.5. The molecule has 1 rings (SSSR count). The second-order valence-electron chi connectivity index (χ2n) is 2.55. The smallest absolute Gasteiger partial charge is 0.356 e. The van der Waals surface area contributed by atoms with Gasteiger partial charge in [0.25, 0.3) is 0 Å². The van der Waals surface area contributed by atoms with Crippen molar-refractivity contribution in [2.75, 3.05) is 5.75 Å². The zero-order valence-electron chi connectivity index (χ0n) is 7.57. The molecular weight excluding hydrogens is 202 g/mol. The Balaban J connectivity index is 2.97. The van der Waals surface area contributed by atoms with Gasteiger partial charge >= 0.3 is 5.82 Å². The third-order valence-corrected chi connectivity index (χ3v) is 1.65. The van der Waals surface area contributed by atoms with Crippen LogP contribution in [0.3, 0.4) is 0 Å². The number of H-pyrrole nitrogens is 1. The molecule has 0 saturated carbocycles. The van der Waals surface area contributed by atoms with Gasteiger partial charge in [-0.15, -0.1) is 0 Å². The van der Waals surface area contributed by atoms with Crippen molar-refractivity contribution in [3.05, 3.63) is 21.6 Å². The normalized spacial score (nSPS) is 9.29. The number of hydrogen-bond donors (Lipinski definition) is 2. The van der Waals surface area contributed by atoms with Crippen molar-refractivity contribution in [2.45, 2.75) is 13.3 Å². The van der Waals surface area contributed by atoms with Crippen LogP contribution in [0.4, 0.5) is 5.82 Å². The summed E-state index contributed by atoms with van der Waals surface area (Å²) < 4.78 is 0. The third kappa shape index (κ3) is 2.50. The van der Waals surface area contributed by atoms with Crippen LogP contribution in [0, 0.1) is 28.9 Å². The molecule has 14 heavy (non-hydrogen) atoms. The van der Waals surface area contributed by atoms with Gasteiger partial charge in [0.1, 0.15) is 0 Å². The summed E-state index contributed by atoms with van der Waals surface area (Å²) in [7, 11) is 0. The molecule has 0 saturated heterocycles. The molecule has 0 aromatic carbocycles. The average Bonchev–Trinajstić information content (AvgIpc) is 2.47. The fraction of sp³-hybridized carbons (Fsp3) is 0.375. The van der Waals surface area contributed by atoms with E-state index >= 15 is 0 Å². The summed E-state index contributed by atoms with van der Waals surface area (Å²) in [6.07, 6.45) is 0.589. The fourth-order valence-corrected chi connectivity index (χ4v) is 1.01. The molecule has 0 bridgehead atoms. The lowest BCUT2D eigenvalue weighted by Gasteiger charge is -1.88. The van der Waals surface area contributed by atoms with Gasteiger partial charge in [-0.2, -0.15) is 17.6 Å². The Morgan fingerprint density at radius 3 is 3.00 bits per heavy atom. The molecule has 1 aromatic rings. The summed E-state index contributed by atoms with van der Waals surface area (Å²) in [5.74, 6) is 6.36. The van der Waals surface area contributed by atoms with Crippen LogP contribution in [0.25, 0.3) is 0 Å². The number of rotatable bonds is 2. The van der Waals surface area contributed by atoms with Crippen LogP contribution >= 0.6 is 12.6 Å². The molecule has 74 valence electrons. The highest BCUT2D eigenvalue weighted by atomic mass is 32.1. The predicted octanol–water partition coefficient (Wildman–Crippen LogP) is 1.30. The molecule has 5 nitrogen and oxygen atoms in total. The minimum Gasteiger partial charge on any atom is -0.358 e. The molecule has 0 aliphatic carbocycles. The summed E-state index contributed by atoms with van der Waals surface area (Å²) >= 11 is 3.97. The van der Waals surface area contributed by atoms with Crippen molar-refractivity contribution in [1.82, 2.24) is 9.97 Å². The van der Waals surface area contributed by atoms with Gasteiger partial charge in [-0.1, -0.05) is 5.92 Å². The van der Waals surface area contributed by atoms with Crippen molar-refractivity contribution in [2.24, 2.45) is 0 Å². The van der Waals surface area contributed by atoms with Crippen LogP contribution in [-0.4, -0.2) is 20.6 Å². The maximum Gasteiger partial charge on any atom is 0.356 e. The van der Waals surface area contributed by atoms with Gasteiger partial charge in [0, 0.05) is 19.1 Å². The molecule has 1 aromatic heterocycles. The number of thiol groups is 1. The number of aromatic amines is 1. The first-order valence-electron chi connectivity index (χ1n) is 3.96. The number of nitrogens with zero attached hydrogens (tertiary/aromatic N) is 2. The number of hydrogen-bond acceptors (Lipinski definition) is 4. The Hall–Kier alpha value is -1.48. The summed E-state index contributed by atoms with van der Waals surface area (Å²) in [6, 6.07) is 0. The van der Waals surface area contributed by atoms with Crippen LogP contribution in [0.5, 0.6) is 0 Å². The minimum absolute atomic E-state index is 0.144. The quantitative estimate of drug-likeness (QED) is 0.335. The molecule has 0 atom stereocenters. The van der Waals surface area contributed by atoms with Crippen LogP contribution in [0.15, 0.2) is 0 Å². The van der Waals surface area contributed by atoms with Crippen LogP contribution in [0.1, 0.15) is 17.9 Å². The summed E-state index contributed by atoms with van der Waals surface area (Å²) in [5, 5.41) is 10.5. The molecule has 0 radical (unpaired) electrons. The van der Waals surface area contributed by atoms with Gasteiger partial charge in [0.05, 0.1) is 0 Å². The summed E-state index contributed by atoms with van der Waals surface area (Å²) in [6.45, 7) is 1.65. The monoisotopic (exact) mass is 211 g/mol. The van der Waals surface area contributed by atoms with E-state index in [2.05, 4.69) is 34.4 Å². The third-order valence-electron chi connectivity index (χ3n) is 1.43. The lowest BCUT2D eigenvalue weighted by molar-refractivity contribution is -0.389. The summed E-state index contributed by atoms with van der Waals surface area (Å²) in [4.78, 5) is 16.4. The van der Waals surface area contributed by atoms with Gasteiger partial charge in [0.15, 0.2) is 5.82 Å². The van der Waals surface area contributed by atoms with Gasteiger partial charge < -0.3 is 10.1 Å².